The zero-order valence-corrected chi connectivity index (χ0v) is 13.4. The Kier molecular flexibility index (Phi) is 9.58. The van der Waals surface area contributed by atoms with Crippen molar-refractivity contribution in [1.82, 2.24) is 0 Å². The van der Waals surface area contributed by atoms with E-state index in [1.807, 2.05) is 6.92 Å². The van der Waals surface area contributed by atoms with Gasteiger partial charge >= 0.3 is 5.97 Å². The molecule has 1 atom stereocenters. The number of hydrogen-bond acceptors (Lipinski definition) is 2. The van der Waals surface area contributed by atoms with Crippen molar-refractivity contribution in [1.29, 1.82) is 0 Å². The van der Waals surface area contributed by atoms with Gasteiger partial charge in [-0.15, -0.1) is 0 Å². The molecule has 0 aliphatic rings. The van der Waals surface area contributed by atoms with Crippen LogP contribution in [0, 0.1) is 0 Å². The number of rotatable bonds is 10. The van der Waals surface area contributed by atoms with Gasteiger partial charge in [0.25, 0.3) is 0 Å². The molecule has 0 bridgehead atoms. The number of ether oxygens (including phenoxy) is 1. The number of carbonyl (C=O) groups excluding carboxylic acids is 1. The van der Waals surface area contributed by atoms with Gasteiger partial charge in [0.15, 0.2) is 0 Å². The largest absolute Gasteiger partial charge is 0.463 e. The first-order valence-corrected chi connectivity index (χ1v) is 7.52. The molecule has 19 heavy (non-hydrogen) atoms. The Balaban J connectivity index is 3.69. The van der Waals surface area contributed by atoms with E-state index in [0.29, 0.717) is 6.61 Å². The van der Waals surface area contributed by atoms with E-state index in [1.165, 1.54) is 31.8 Å². The van der Waals surface area contributed by atoms with Crippen molar-refractivity contribution in [3.8, 4) is 0 Å². The molecule has 0 aliphatic carbocycles. The van der Waals surface area contributed by atoms with Crippen LogP contribution < -0.4 is 0 Å². The van der Waals surface area contributed by atoms with Gasteiger partial charge in [0, 0.05) is 6.08 Å². The van der Waals surface area contributed by atoms with Crippen LogP contribution in [0.4, 0.5) is 0 Å². The lowest BCUT2D eigenvalue weighted by Crippen LogP contribution is -2.44. The summed E-state index contributed by atoms with van der Waals surface area (Å²) in [6.45, 7) is 4.62. The number of allylic oxidation sites excluding steroid dienone is 1. The van der Waals surface area contributed by atoms with Crippen molar-refractivity contribution < 1.29 is 14.0 Å². The number of hydrogen-bond donors (Lipinski definition) is 0. The average Bonchev–Trinajstić information content (AvgIpc) is 2.31. The molecule has 3 heteroatoms. The molecule has 0 N–H and O–H groups in total. The van der Waals surface area contributed by atoms with E-state index >= 15 is 0 Å². The van der Waals surface area contributed by atoms with Crippen molar-refractivity contribution in [2.45, 2.75) is 58.4 Å². The minimum atomic E-state index is -0.224. The molecule has 0 aromatic heterocycles. The van der Waals surface area contributed by atoms with Gasteiger partial charge in [-0.3, -0.25) is 0 Å². The number of carbonyl (C=O) groups is 1. The smallest absolute Gasteiger partial charge is 0.330 e. The number of nitrogens with zero attached hydrogens (tertiary/aromatic N) is 1. The van der Waals surface area contributed by atoms with E-state index in [-0.39, 0.29) is 5.97 Å². The average molecular weight is 270 g/mol. The SMILES string of the molecule is CC=CC(=O)OCCCCCC(CCC)[N+](C)(C)C. The summed E-state index contributed by atoms with van der Waals surface area (Å²) in [5.41, 5.74) is 0. The molecular formula is C16H32NO2+. The second kappa shape index (κ2) is 10.0. The van der Waals surface area contributed by atoms with Gasteiger partial charge < -0.3 is 9.22 Å². The highest BCUT2D eigenvalue weighted by Crippen LogP contribution is 2.17. The summed E-state index contributed by atoms with van der Waals surface area (Å²) in [5.74, 6) is -0.224. The van der Waals surface area contributed by atoms with E-state index in [2.05, 4.69) is 28.1 Å². The van der Waals surface area contributed by atoms with E-state index in [1.54, 1.807) is 6.08 Å². The summed E-state index contributed by atoms with van der Waals surface area (Å²) in [5, 5.41) is 0. The highest BCUT2D eigenvalue weighted by Gasteiger charge is 2.21. The van der Waals surface area contributed by atoms with E-state index in [4.69, 9.17) is 4.74 Å². The Bertz CT molecular complexity index is 266. The van der Waals surface area contributed by atoms with Gasteiger partial charge in [0.05, 0.1) is 33.8 Å². The van der Waals surface area contributed by atoms with Crippen molar-refractivity contribution in [3.05, 3.63) is 12.2 Å². The standard InChI is InChI=1S/C16H32NO2/c1-6-11-15(17(3,4)5)13-9-8-10-14-19-16(18)12-7-2/h7,12,15H,6,8-11,13-14H2,1-5H3/q+1. The molecule has 1 unspecified atom stereocenters. The Labute approximate surface area is 119 Å². The molecular weight excluding hydrogens is 238 g/mol. The first-order valence-electron chi connectivity index (χ1n) is 7.52. The second-order valence-corrected chi connectivity index (χ2v) is 6.08. The lowest BCUT2D eigenvalue weighted by Gasteiger charge is -2.34. The number of unbranched alkanes of at least 4 members (excludes halogenated alkanes) is 2. The van der Waals surface area contributed by atoms with Gasteiger partial charge in [-0.05, 0) is 39.0 Å². The number of quaternary nitrogens is 1. The lowest BCUT2D eigenvalue weighted by atomic mass is 10.0. The van der Waals surface area contributed by atoms with Gasteiger partial charge in [-0.1, -0.05) is 19.4 Å². The minimum absolute atomic E-state index is 0.224. The van der Waals surface area contributed by atoms with Crippen LogP contribution in [0.5, 0.6) is 0 Å². The van der Waals surface area contributed by atoms with Crippen LogP contribution >= 0.6 is 0 Å². The van der Waals surface area contributed by atoms with Gasteiger partial charge in [0.2, 0.25) is 0 Å². The number of esters is 1. The third-order valence-electron chi connectivity index (χ3n) is 3.45. The van der Waals surface area contributed by atoms with Crippen molar-refractivity contribution in [2.75, 3.05) is 27.7 Å². The zero-order valence-electron chi connectivity index (χ0n) is 13.4. The maximum absolute atomic E-state index is 11.1. The monoisotopic (exact) mass is 270 g/mol. The first kappa shape index (κ1) is 18.2. The fourth-order valence-electron chi connectivity index (χ4n) is 2.27. The fraction of sp³-hybridized carbons (Fsp3) is 0.812. The predicted octanol–water partition coefficient (Wildman–Crippen LogP) is 3.54. The first-order chi connectivity index (χ1) is 8.91. The maximum atomic E-state index is 11.1. The molecule has 0 aromatic rings. The summed E-state index contributed by atoms with van der Waals surface area (Å²) in [7, 11) is 6.83. The van der Waals surface area contributed by atoms with Crippen LogP contribution in [0.3, 0.4) is 0 Å². The molecule has 0 fully saturated rings. The third kappa shape index (κ3) is 9.71. The van der Waals surface area contributed by atoms with Gasteiger partial charge in [-0.25, -0.2) is 4.79 Å². The minimum Gasteiger partial charge on any atom is -0.463 e. The highest BCUT2D eigenvalue weighted by atomic mass is 16.5. The van der Waals surface area contributed by atoms with Crippen LogP contribution in [-0.4, -0.2) is 44.2 Å². The summed E-state index contributed by atoms with van der Waals surface area (Å²) in [6, 6.07) is 0.746. The maximum Gasteiger partial charge on any atom is 0.330 e. The molecule has 0 heterocycles. The second-order valence-electron chi connectivity index (χ2n) is 6.08. The molecule has 0 aromatic carbocycles. The predicted molar refractivity (Wildman–Crippen MR) is 81.0 cm³/mol. The Morgan fingerprint density at radius 1 is 1.16 bits per heavy atom. The van der Waals surface area contributed by atoms with E-state index in [0.717, 1.165) is 23.4 Å². The third-order valence-corrected chi connectivity index (χ3v) is 3.45. The summed E-state index contributed by atoms with van der Waals surface area (Å²) >= 11 is 0. The van der Waals surface area contributed by atoms with Crippen molar-refractivity contribution in [2.24, 2.45) is 0 Å². The molecule has 3 nitrogen and oxygen atoms in total. The quantitative estimate of drug-likeness (QED) is 0.263. The Morgan fingerprint density at radius 3 is 2.37 bits per heavy atom. The molecule has 0 aliphatic heterocycles. The molecule has 0 saturated heterocycles. The molecule has 0 radical (unpaired) electrons. The van der Waals surface area contributed by atoms with Crippen molar-refractivity contribution in [3.63, 3.8) is 0 Å². The molecule has 0 rings (SSSR count). The van der Waals surface area contributed by atoms with E-state index in [9.17, 15) is 4.79 Å². The van der Waals surface area contributed by atoms with Crippen LogP contribution in [0.15, 0.2) is 12.2 Å². The lowest BCUT2D eigenvalue weighted by molar-refractivity contribution is -0.896. The topological polar surface area (TPSA) is 26.3 Å². The molecule has 0 saturated carbocycles. The molecule has 112 valence electrons. The highest BCUT2D eigenvalue weighted by molar-refractivity contribution is 5.81. The summed E-state index contributed by atoms with van der Waals surface area (Å²) in [4.78, 5) is 11.1. The summed E-state index contributed by atoms with van der Waals surface area (Å²) in [6.07, 6.45) is 10.3. The summed E-state index contributed by atoms with van der Waals surface area (Å²) < 4.78 is 6.12. The molecule has 0 amide bonds. The van der Waals surface area contributed by atoms with E-state index < -0.39 is 0 Å². The van der Waals surface area contributed by atoms with Crippen LogP contribution in [0.2, 0.25) is 0 Å². The van der Waals surface area contributed by atoms with Crippen LogP contribution in [0.1, 0.15) is 52.4 Å². The molecule has 0 spiro atoms. The van der Waals surface area contributed by atoms with Gasteiger partial charge in [-0.2, -0.15) is 0 Å². The van der Waals surface area contributed by atoms with Crippen LogP contribution in [0.25, 0.3) is 0 Å². The van der Waals surface area contributed by atoms with Crippen molar-refractivity contribution >= 4 is 5.97 Å². The van der Waals surface area contributed by atoms with Crippen LogP contribution in [-0.2, 0) is 9.53 Å². The normalized spacial score (nSPS) is 13.7. The zero-order chi connectivity index (χ0) is 14.7. The Hall–Kier alpha value is -0.830. The Morgan fingerprint density at radius 2 is 1.84 bits per heavy atom. The van der Waals surface area contributed by atoms with Gasteiger partial charge in [0.1, 0.15) is 0 Å². The fourth-order valence-corrected chi connectivity index (χ4v) is 2.27.